The summed E-state index contributed by atoms with van der Waals surface area (Å²) in [7, 11) is 0. The molecule has 0 radical (unpaired) electrons. The van der Waals surface area contributed by atoms with E-state index in [-0.39, 0.29) is 30.3 Å². The summed E-state index contributed by atoms with van der Waals surface area (Å²) in [5.74, 6) is 0.113. The molecule has 3 N–H and O–H groups in total. The van der Waals surface area contributed by atoms with E-state index in [0.29, 0.717) is 60.2 Å². The van der Waals surface area contributed by atoms with Gasteiger partial charge in [0.25, 0.3) is 0 Å². The number of aryl methyl sites for hydroxylation is 1. The lowest BCUT2D eigenvalue weighted by Crippen LogP contribution is -2.45. The molecule has 2 aromatic carbocycles. The number of nitrogens with two attached hydrogens (primary N) is 1. The number of aromatic nitrogens is 5. The first-order valence-corrected chi connectivity index (χ1v) is 15.0. The first-order chi connectivity index (χ1) is 21.8. The molecule has 2 aliphatic carbocycles. The number of ether oxygens (including phenoxy) is 1. The van der Waals surface area contributed by atoms with Crippen molar-refractivity contribution in [2.45, 2.75) is 63.1 Å². The highest BCUT2D eigenvalue weighted by molar-refractivity contribution is 5.97. The van der Waals surface area contributed by atoms with E-state index in [1.54, 1.807) is 35.0 Å². The first-order valence-electron chi connectivity index (χ1n) is 15.0. The van der Waals surface area contributed by atoms with Gasteiger partial charge in [0.05, 0.1) is 17.6 Å². The number of benzene rings is 2. The van der Waals surface area contributed by atoms with Crippen molar-refractivity contribution >= 4 is 28.9 Å². The second-order valence-electron chi connectivity index (χ2n) is 12.2. The molecule has 0 unspecified atom stereocenters. The van der Waals surface area contributed by atoms with E-state index in [2.05, 4.69) is 20.3 Å². The van der Waals surface area contributed by atoms with Gasteiger partial charge in [-0.3, -0.25) is 18.9 Å². The summed E-state index contributed by atoms with van der Waals surface area (Å²) in [6.45, 7) is 2.15. The lowest BCUT2D eigenvalue weighted by atomic mass is 9.91. The maximum atomic E-state index is 14.3. The van der Waals surface area contributed by atoms with Crippen molar-refractivity contribution in [1.29, 1.82) is 0 Å². The van der Waals surface area contributed by atoms with Crippen molar-refractivity contribution in [3.8, 4) is 5.69 Å². The minimum atomic E-state index is -0.551. The summed E-state index contributed by atoms with van der Waals surface area (Å²) < 4.78 is 8.79. The number of carbonyl (C=O) groups is 2. The van der Waals surface area contributed by atoms with Gasteiger partial charge in [-0.05, 0) is 86.6 Å². The molecular weight excluding hydrogens is 570 g/mol. The van der Waals surface area contributed by atoms with Crippen molar-refractivity contribution < 1.29 is 14.3 Å². The Kier molecular flexibility index (Phi) is 6.95. The van der Waals surface area contributed by atoms with Crippen molar-refractivity contribution in [2.24, 2.45) is 0 Å². The molecule has 0 atom stereocenters. The maximum absolute atomic E-state index is 14.3. The Labute approximate surface area is 259 Å². The number of hydrogen-bond donors (Lipinski definition) is 2. The number of nitrogen functional groups attached to an aromatic ring is 1. The molecule has 0 aliphatic heterocycles. The SMILES string of the molecule is Cc1ccnc(CC(=O)c2ccc(-n3c(=O)n(C45CCC(NC(=O)OCc6ccccc6)(CC4)C5)c4ncnc(N)c43)cc2)c1. The van der Waals surface area contributed by atoms with Crippen LogP contribution in [0.2, 0.25) is 0 Å². The van der Waals surface area contributed by atoms with Crippen LogP contribution < -0.4 is 16.7 Å². The van der Waals surface area contributed by atoms with Gasteiger partial charge in [0.15, 0.2) is 17.2 Å². The van der Waals surface area contributed by atoms with Gasteiger partial charge in [-0.25, -0.2) is 19.6 Å². The summed E-state index contributed by atoms with van der Waals surface area (Å²) in [6, 6.07) is 20.2. The van der Waals surface area contributed by atoms with Crippen LogP contribution in [0.15, 0.2) is 84.0 Å². The monoisotopic (exact) mass is 603 g/mol. The molecule has 3 heterocycles. The molecule has 2 saturated carbocycles. The molecule has 2 fully saturated rings. The molecule has 45 heavy (non-hydrogen) atoms. The third-order valence-electron chi connectivity index (χ3n) is 9.27. The number of anilines is 1. The molecular formula is C34H33N7O4. The third-order valence-corrected chi connectivity index (χ3v) is 9.27. The van der Waals surface area contributed by atoms with Crippen LogP contribution >= 0.6 is 0 Å². The van der Waals surface area contributed by atoms with Crippen LogP contribution in [0.5, 0.6) is 0 Å². The Morgan fingerprint density at radius 3 is 2.47 bits per heavy atom. The van der Waals surface area contributed by atoms with Crippen LogP contribution in [0.25, 0.3) is 16.9 Å². The standard InChI is InChI=1S/C34H33N7O4/c1-22-11-16-36-25(17-22)18-27(42)24-7-9-26(10-8-24)40-28-29(35)37-21-38-30(28)41(32(40)44)34-14-12-33(20-34,13-15-34)39-31(43)45-19-23-5-3-2-4-6-23/h2-11,16-17,21H,12-15,18-20H2,1H3,(H,39,43)(H2,35,37,38). The van der Waals surface area contributed by atoms with Gasteiger partial charge in [0.2, 0.25) is 0 Å². The average molecular weight is 604 g/mol. The largest absolute Gasteiger partial charge is 0.445 e. The normalized spacial score (nSPS) is 20.4. The van der Waals surface area contributed by atoms with Crippen molar-refractivity contribution in [1.82, 2.24) is 29.4 Å². The van der Waals surface area contributed by atoms with E-state index >= 15 is 0 Å². The Hall–Kier alpha value is -5.32. The van der Waals surface area contributed by atoms with E-state index in [4.69, 9.17) is 10.5 Å². The minimum Gasteiger partial charge on any atom is -0.445 e. The van der Waals surface area contributed by atoms with Gasteiger partial charge in [0, 0.05) is 23.0 Å². The molecule has 2 aliphatic rings. The van der Waals surface area contributed by atoms with E-state index in [1.165, 1.54) is 10.9 Å². The molecule has 3 aromatic heterocycles. The zero-order valence-electron chi connectivity index (χ0n) is 24.9. The number of hydrogen-bond acceptors (Lipinski definition) is 8. The number of imidazole rings is 1. The van der Waals surface area contributed by atoms with Gasteiger partial charge < -0.3 is 15.8 Å². The molecule has 0 saturated heterocycles. The van der Waals surface area contributed by atoms with Crippen LogP contribution in [-0.2, 0) is 23.3 Å². The molecule has 5 aromatic rings. The number of pyridine rings is 1. The zero-order chi connectivity index (χ0) is 31.2. The topological polar surface area (TPSA) is 147 Å². The highest BCUT2D eigenvalue weighted by atomic mass is 16.5. The van der Waals surface area contributed by atoms with E-state index in [0.717, 1.165) is 11.1 Å². The summed E-state index contributed by atoms with van der Waals surface area (Å²) in [5, 5.41) is 3.13. The van der Waals surface area contributed by atoms with E-state index in [9.17, 15) is 14.4 Å². The second kappa shape index (κ2) is 11.0. The second-order valence-corrected chi connectivity index (χ2v) is 12.2. The van der Waals surface area contributed by atoms with Crippen LogP contribution in [0, 0.1) is 6.92 Å². The van der Waals surface area contributed by atoms with Crippen molar-refractivity contribution in [3.63, 3.8) is 0 Å². The fourth-order valence-corrected chi connectivity index (χ4v) is 7.10. The Bertz CT molecular complexity index is 1970. The summed E-state index contributed by atoms with van der Waals surface area (Å²) >= 11 is 0. The van der Waals surface area contributed by atoms with Crippen LogP contribution in [0.3, 0.4) is 0 Å². The van der Waals surface area contributed by atoms with Gasteiger partial charge in [-0.15, -0.1) is 0 Å². The Morgan fingerprint density at radius 1 is 0.978 bits per heavy atom. The number of nitrogens with zero attached hydrogens (tertiary/aromatic N) is 5. The van der Waals surface area contributed by atoms with Crippen molar-refractivity contribution in [2.75, 3.05) is 5.73 Å². The van der Waals surface area contributed by atoms with Gasteiger partial charge in [-0.1, -0.05) is 30.3 Å². The summed E-state index contributed by atoms with van der Waals surface area (Å²) in [6.07, 6.45) is 6.14. The fourth-order valence-electron chi connectivity index (χ4n) is 7.10. The van der Waals surface area contributed by atoms with Crippen LogP contribution in [0.1, 0.15) is 59.3 Å². The highest BCUT2D eigenvalue weighted by Crippen LogP contribution is 2.55. The summed E-state index contributed by atoms with van der Waals surface area (Å²) in [4.78, 5) is 53.2. The number of nitrogens with one attached hydrogen (secondary N) is 1. The first kappa shape index (κ1) is 28.5. The number of amides is 1. The van der Waals surface area contributed by atoms with E-state index < -0.39 is 17.2 Å². The molecule has 7 rings (SSSR count). The van der Waals surface area contributed by atoms with Gasteiger partial charge >= 0.3 is 11.8 Å². The van der Waals surface area contributed by atoms with Crippen molar-refractivity contribution in [3.05, 3.63) is 112 Å². The predicted octanol–water partition coefficient (Wildman–Crippen LogP) is 4.63. The third kappa shape index (κ3) is 5.13. The maximum Gasteiger partial charge on any atom is 0.407 e. The molecule has 0 spiro atoms. The number of carbonyl (C=O) groups excluding carboxylic acids is 2. The smallest absolute Gasteiger partial charge is 0.407 e. The number of ketones is 1. The number of rotatable bonds is 8. The number of Topliss-reactive ketones (excluding diaryl/α,β-unsaturated/α-hetero) is 1. The minimum absolute atomic E-state index is 0.0702. The van der Waals surface area contributed by atoms with Crippen LogP contribution in [-0.4, -0.2) is 41.5 Å². The summed E-state index contributed by atoms with van der Waals surface area (Å²) in [5.41, 5.74) is 9.63. The number of fused-ring (bicyclic) bond motifs is 3. The lowest BCUT2D eigenvalue weighted by Gasteiger charge is -2.28. The molecule has 2 bridgehead atoms. The quantitative estimate of drug-likeness (QED) is 0.244. The van der Waals surface area contributed by atoms with Gasteiger partial charge in [0.1, 0.15) is 18.5 Å². The lowest BCUT2D eigenvalue weighted by molar-refractivity contribution is 0.0991. The Balaban J connectivity index is 1.16. The molecule has 228 valence electrons. The molecule has 11 heteroatoms. The highest BCUT2D eigenvalue weighted by Gasteiger charge is 2.57. The number of alkyl carbamates (subject to hydrolysis) is 1. The predicted molar refractivity (Wildman–Crippen MR) is 168 cm³/mol. The van der Waals surface area contributed by atoms with Crippen LogP contribution in [0.4, 0.5) is 10.6 Å². The Morgan fingerprint density at radius 2 is 1.73 bits per heavy atom. The molecule has 11 nitrogen and oxygen atoms in total. The van der Waals surface area contributed by atoms with Gasteiger partial charge in [-0.2, -0.15) is 0 Å². The fraction of sp³-hybridized carbons (Fsp3) is 0.294. The average Bonchev–Trinajstić information content (AvgIpc) is 3.69. The molecule has 1 amide bonds. The van der Waals surface area contributed by atoms with E-state index in [1.807, 2.05) is 49.4 Å². The zero-order valence-corrected chi connectivity index (χ0v) is 24.9.